The van der Waals surface area contributed by atoms with E-state index in [1.54, 1.807) is 37.5 Å². The maximum Gasteiger partial charge on any atom is 0.258 e. The molecule has 1 unspecified atom stereocenters. The topological polar surface area (TPSA) is 101 Å². The van der Waals surface area contributed by atoms with Gasteiger partial charge in [-0.3, -0.25) is 14.8 Å². The van der Waals surface area contributed by atoms with Crippen LogP contribution in [-0.2, 0) is 12.2 Å². The minimum Gasteiger partial charge on any atom is -0.493 e. The number of fused-ring (bicyclic) bond motifs is 1. The fourth-order valence-electron chi connectivity index (χ4n) is 4.08. The van der Waals surface area contributed by atoms with Gasteiger partial charge in [-0.2, -0.15) is 0 Å². The molecule has 0 saturated heterocycles. The number of anilines is 1. The molecule has 184 valence electrons. The third-order valence-electron chi connectivity index (χ3n) is 5.89. The van der Waals surface area contributed by atoms with Crippen molar-refractivity contribution in [3.05, 3.63) is 75.8 Å². The molecule has 3 N–H and O–H groups in total. The van der Waals surface area contributed by atoms with E-state index in [9.17, 15) is 9.90 Å². The third-order valence-corrected chi connectivity index (χ3v) is 6.22. The molecule has 10 heteroatoms. The van der Waals surface area contributed by atoms with E-state index >= 15 is 4.39 Å². The van der Waals surface area contributed by atoms with Gasteiger partial charge in [-0.25, -0.2) is 4.39 Å². The molecule has 0 fully saturated rings. The van der Waals surface area contributed by atoms with Crippen LogP contribution in [0.25, 0.3) is 11.1 Å². The molecular weight excluding hydrogens is 482 g/mol. The highest BCUT2D eigenvalue weighted by Crippen LogP contribution is 2.39. The highest BCUT2D eigenvalue weighted by molar-refractivity contribution is 6.34. The molecule has 7 nitrogen and oxygen atoms in total. The lowest BCUT2D eigenvalue weighted by Crippen LogP contribution is -2.44. The van der Waals surface area contributed by atoms with Crippen molar-refractivity contribution in [3.63, 3.8) is 0 Å². The zero-order valence-corrected chi connectivity index (χ0v) is 20.9. The molecule has 0 aliphatic carbocycles. The first-order chi connectivity index (χ1) is 17.1. The van der Waals surface area contributed by atoms with Crippen LogP contribution in [0.1, 0.15) is 41.0 Å². The van der Waals surface area contributed by atoms with Crippen molar-refractivity contribution in [1.82, 2.24) is 9.88 Å². The smallest absolute Gasteiger partial charge is 0.258 e. The predicted octanol–water partition coefficient (Wildman–Crippen LogP) is 4.13. The quantitative estimate of drug-likeness (QED) is 0.285. The molecule has 1 aliphatic rings. The molecule has 4 rings (SSSR count). The van der Waals surface area contributed by atoms with E-state index in [2.05, 4.69) is 9.98 Å². The van der Waals surface area contributed by atoms with E-state index in [0.717, 1.165) is 4.90 Å². The number of carbonyl (C=O) groups is 1. The van der Waals surface area contributed by atoms with Crippen molar-refractivity contribution in [3.8, 4) is 16.9 Å². The Balaban J connectivity index is 1.82. The van der Waals surface area contributed by atoms with Gasteiger partial charge in [0.15, 0.2) is 7.85 Å². The standard InChI is InChI=1S/C26H25BClFN4O3/c1-14(2)13-36-22-10-15(16-6-7-20(28)23(30)18(16)11-31-3)9-21(29)19(22)12-33-25(34)17-5-4-8-32-24(17)26(33,27)35/h4-11,14,35H,12-13,30H2,1-3H3. The van der Waals surface area contributed by atoms with Crippen molar-refractivity contribution in [2.24, 2.45) is 10.9 Å². The van der Waals surface area contributed by atoms with Crippen molar-refractivity contribution in [2.45, 2.75) is 26.0 Å². The zero-order chi connectivity index (χ0) is 26.2. The van der Waals surface area contributed by atoms with Crippen LogP contribution in [-0.4, -0.2) is 48.6 Å². The summed E-state index contributed by atoms with van der Waals surface area (Å²) in [4.78, 5) is 22.1. The largest absolute Gasteiger partial charge is 0.493 e. The van der Waals surface area contributed by atoms with E-state index in [-0.39, 0.29) is 35.0 Å². The molecule has 36 heavy (non-hydrogen) atoms. The maximum absolute atomic E-state index is 15.7. The number of aromatic nitrogens is 1. The summed E-state index contributed by atoms with van der Waals surface area (Å²) in [5.74, 6) is -0.856. The minimum absolute atomic E-state index is 0.0109. The summed E-state index contributed by atoms with van der Waals surface area (Å²) in [6, 6.07) is 9.41. The van der Waals surface area contributed by atoms with Crippen molar-refractivity contribution >= 4 is 37.3 Å². The molecule has 2 radical (unpaired) electrons. The molecule has 1 atom stereocenters. The van der Waals surface area contributed by atoms with Gasteiger partial charge in [0, 0.05) is 30.6 Å². The van der Waals surface area contributed by atoms with Crippen LogP contribution in [0.15, 0.2) is 47.6 Å². The van der Waals surface area contributed by atoms with Crippen LogP contribution < -0.4 is 10.5 Å². The lowest BCUT2D eigenvalue weighted by Gasteiger charge is -2.31. The number of nitrogen functional groups attached to an aromatic ring is 1. The van der Waals surface area contributed by atoms with Crippen molar-refractivity contribution in [2.75, 3.05) is 19.4 Å². The van der Waals surface area contributed by atoms with Gasteiger partial charge < -0.3 is 20.5 Å². The summed E-state index contributed by atoms with van der Waals surface area (Å²) in [6.45, 7) is 3.87. The highest BCUT2D eigenvalue weighted by Gasteiger charge is 2.46. The fourth-order valence-corrected chi connectivity index (χ4v) is 4.25. The van der Waals surface area contributed by atoms with Crippen molar-refractivity contribution < 1.29 is 19.0 Å². The van der Waals surface area contributed by atoms with Gasteiger partial charge in [-0.15, -0.1) is 0 Å². The Morgan fingerprint density at radius 1 is 1.33 bits per heavy atom. The molecule has 0 bridgehead atoms. The number of benzene rings is 2. The van der Waals surface area contributed by atoms with Gasteiger partial charge in [-0.1, -0.05) is 31.5 Å². The second kappa shape index (κ2) is 9.91. The Bertz CT molecular complexity index is 1360. The van der Waals surface area contributed by atoms with Gasteiger partial charge >= 0.3 is 0 Å². The minimum atomic E-state index is -2.20. The molecule has 0 saturated carbocycles. The molecule has 3 aromatic rings. The number of pyridine rings is 1. The molecule has 2 aromatic carbocycles. The summed E-state index contributed by atoms with van der Waals surface area (Å²) >= 11 is 6.19. The second-order valence-electron chi connectivity index (χ2n) is 8.97. The number of rotatable bonds is 7. The predicted molar refractivity (Wildman–Crippen MR) is 139 cm³/mol. The Morgan fingerprint density at radius 2 is 2.08 bits per heavy atom. The van der Waals surface area contributed by atoms with Gasteiger partial charge in [0.25, 0.3) is 5.91 Å². The van der Waals surface area contributed by atoms with Crippen molar-refractivity contribution in [1.29, 1.82) is 0 Å². The Hall–Kier alpha value is -3.43. The number of hydrogen-bond donors (Lipinski definition) is 2. The van der Waals surface area contributed by atoms with Crippen LogP contribution >= 0.6 is 11.6 Å². The van der Waals surface area contributed by atoms with Gasteiger partial charge in [0.1, 0.15) is 17.2 Å². The summed E-state index contributed by atoms with van der Waals surface area (Å²) < 4.78 is 21.7. The van der Waals surface area contributed by atoms with E-state index in [1.165, 1.54) is 18.3 Å². The Labute approximate surface area is 215 Å². The first-order valence-corrected chi connectivity index (χ1v) is 11.7. The maximum atomic E-state index is 15.7. The number of aliphatic hydroxyl groups is 1. The number of hydrogen-bond acceptors (Lipinski definition) is 6. The summed E-state index contributed by atoms with van der Waals surface area (Å²) in [7, 11) is 7.69. The summed E-state index contributed by atoms with van der Waals surface area (Å²) in [5.41, 5.74) is 6.14. The van der Waals surface area contributed by atoms with E-state index in [4.69, 9.17) is 29.9 Å². The SMILES string of the molecule is [B]C1(O)c2ncccc2C(=O)N1Cc1c(F)cc(-c2ccc(Cl)c(N)c2C=NC)cc1OCC(C)C. The lowest BCUT2D eigenvalue weighted by molar-refractivity contribution is -0.0230. The highest BCUT2D eigenvalue weighted by atomic mass is 35.5. The third kappa shape index (κ3) is 4.56. The number of carbonyl (C=O) groups excluding carboxylic acids is 1. The number of ether oxygens (including phenoxy) is 1. The zero-order valence-electron chi connectivity index (χ0n) is 20.1. The number of nitrogens with zero attached hydrogens (tertiary/aromatic N) is 3. The second-order valence-corrected chi connectivity index (χ2v) is 9.37. The lowest BCUT2D eigenvalue weighted by atomic mass is 9.87. The van der Waals surface area contributed by atoms with Crippen LogP contribution in [0.5, 0.6) is 5.75 Å². The van der Waals surface area contributed by atoms with Crippen LogP contribution in [0, 0.1) is 11.7 Å². The van der Waals surface area contributed by atoms with E-state index in [1.807, 2.05) is 13.8 Å². The molecular formula is C26H25BClFN4O3. The average Bonchev–Trinajstić information content (AvgIpc) is 3.03. The number of nitrogens with two attached hydrogens (primary N) is 1. The Morgan fingerprint density at radius 3 is 2.75 bits per heavy atom. The average molecular weight is 507 g/mol. The normalized spacial score (nSPS) is 17.3. The molecule has 1 amide bonds. The monoisotopic (exact) mass is 506 g/mol. The fraction of sp³-hybridized carbons (Fsp3) is 0.269. The van der Waals surface area contributed by atoms with Gasteiger partial charge in [0.05, 0.1) is 35.1 Å². The number of amides is 1. The molecule has 0 spiro atoms. The first kappa shape index (κ1) is 25.7. The van der Waals surface area contributed by atoms with Gasteiger partial charge in [0.2, 0.25) is 0 Å². The first-order valence-electron chi connectivity index (χ1n) is 11.3. The van der Waals surface area contributed by atoms with E-state index < -0.39 is 17.3 Å². The van der Waals surface area contributed by atoms with Crippen LogP contribution in [0.4, 0.5) is 10.1 Å². The van der Waals surface area contributed by atoms with Crippen LogP contribution in [0.3, 0.4) is 0 Å². The Kier molecular flexibility index (Phi) is 7.06. The van der Waals surface area contributed by atoms with Gasteiger partial charge in [-0.05, 0) is 47.4 Å². The number of aliphatic imine (C=N–C) groups is 1. The van der Waals surface area contributed by atoms with Crippen LogP contribution in [0.2, 0.25) is 5.02 Å². The summed E-state index contributed by atoms with van der Waals surface area (Å²) in [6.07, 6.45) is 2.98. The summed E-state index contributed by atoms with van der Waals surface area (Å²) in [5, 5.41) is 11.3. The molecule has 1 aliphatic heterocycles. The molecule has 1 aromatic heterocycles. The number of halogens is 2. The molecule has 2 heterocycles. The van der Waals surface area contributed by atoms with E-state index in [0.29, 0.717) is 34.0 Å².